The third-order valence-electron chi connectivity index (χ3n) is 5.19. The van der Waals surface area contributed by atoms with Crippen LogP contribution in [0.4, 0.5) is 0 Å². The normalized spacial score (nSPS) is 19.9. The van der Waals surface area contributed by atoms with E-state index in [4.69, 9.17) is 0 Å². The zero-order valence-corrected chi connectivity index (χ0v) is 16.5. The number of hydrogen-bond donors (Lipinski definition) is 2. The standard InChI is InChI=1S/C22H27NO3S/c1-18-11-13-20(14-12-18)27(25,26)23-22(15-5-6-17-24)16-7-10-21(22)19-8-3-2-4-9-19/h2-4,8-14,23-24H,5-7,15-17H2,1H3. The Labute approximate surface area is 162 Å². The van der Waals surface area contributed by atoms with Gasteiger partial charge in [0.25, 0.3) is 0 Å². The van der Waals surface area contributed by atoms with Gasteiger partial charge < -0.3 is 5.11 Å². The smallest absolute Gasteiger partial charge is 0.241 e. The molecule has 0 heterocycles. The molecule has 5 heteroatoms. The van der Waals surface area contributed by atoms with Crippen molar-refractivity contribution >= 4 is 15.6 Å². The van der Waals surface area contributed by atoms with Crippen LogP contribution < -0.4 is 4.72 Å². The Kier molecular flexibility index (Phi) is 6.15. The Morgan fingerprint density at radius 3 is 2.41 bits per heavy atom. The lowest BCUT2D eigenvalue weighted by Gasteiger charge is -2.34. The number of aliphatic hydroxyl groups excluding tert-OH is 1. The van der Waals surface area contributed by atoms with Crippen molar-refractivity contribution in [2.24, 2.45) is 0 Å². The summed E-state index contributed by atoms with van der Waals surface area (Å²) in [5.74, 6) is 0. The van der Waals surface area contributed by atoms with Crippen LogP contribution in [-0.2, 0) is 10.0 Å². The van der Waals surface area contributed by atoms with Crippen LogP contribution in [0.3, 0.4) is 0 Å². The number of aryl methyl sites for hydroxylation is 1. The van der Waals surface area contributed by atoms with Crippen molar-refractivity contribution in [2.45, 2.75) is 49.5 Å². The summed E-state index contributed by atoms with van der Waals surface area (Å²) in [4.78, 5) is 0.286. The molecule has 1 aliphatic carbocycles. The minimum atomic E-state index is -3.65. The molecule has 0 aliphatic heterocycles. The minimum Gasteiger partial charge on any atom is -0.396 e. The van der Waals surface area contributed by atoms with Gasteiger partial charge in [-0.05, 0) is 62.3 Å². The molecule has 0 aromatic heterocycles. The molecule has 0 amide bonds. The molecular weight excluding hydrogens is 358 g/mol. The van der Waals surface area contributed by atoms with Crippen LogP contribution in [0.25, 0.3) is 5.57 Å². The first-order chi connectivity index (χ1) is 13.0. The van der Waals surface area contributed by atoms with Crippen LogP contribution in [-0.4, -0.2) is 25.7 Å². The molecule has 144 valence electrons. The molecule has 27 heavy (non-hydrogen) atoms. The molecule has 0 radical (unpaired) electrons. The molecule has 2 aromatic carbocycles. The quantitative estimate of drug-likeness (QED) is 0.674. The number of hydrogen-bond acceptors (Lipinski definition) is 3. The summed E-state index contributed by atoms with van der Waals surface area (Å²) < 4.78 is 29.3. The van der Waals surface area contributed by atoms with Crippen molar-refractivity contribution in [2.75, 3.05) is 6.61 Å². The van der Waals surface area contributed by atoms with E-state index >= 15 is 0 Å². The van der Waals surface area contributed by atoms with E-state index in [9.17, 15) is 13.5 Å². The summed E-state index contributed by atoms with van der Waals surface area (Å²) in [7, 11) is -3.65. The summed E-state index contributed by atoms with van der Waals surface area (Å²) >= 11 is 0. The molecule has 1 aliphatic rings. The highest BCUT2D eigenvalue weighted by molar-refractivity contribution is 7.89. The zero-order chi connectivity index (χ0) is 19.3. The van der Waals surface area contributed by atoms with Gasteiger partial charge in [-0.1, -0.05) is 54.1 Å². The van der Waals surface area contributed by atoms with Gasteiger partial charge in [0.1, 0.15) is 0 Å². The maximum Gasteiger partial charge on any atom is 0.241 e. The van der Waals surface area contributed by atoms with Crippen molar-refractivity contribution in [1.29, 1.82) is 0 Å². The molecule has 0 fully saturated rings. The Balaban J connectivity index is 1.96. The van der Waals surface area contributed by atoms with E-state index in [0.717, 1.165) is 36.0 Å². The lowest BCUT2D eigenvalue weighted by Crippen LogP contribution is -2.47. The van der Waals surface area contributed by atoms with Gasteiger partial charge in [-0.2, -0.15) is 0 Å². The highest BCUT2D eigenvalue weighted by Crippen LogP contribution is 2.42. The monoisotopic (exact) mass is 385 g/mol. The summed E-state index contributed by atoms with van der Waals surface area (Å²) in [6.07, 6.45) is 5.80. The average molecular weight is 386 g/mol. The minimum absolute atomic E-state index is 0.116. The van der Waals surface area contributed by atoms with Gasteiger partial charge in [0.05, 0.1) is 10.4 Å². The van der Waals surface area contributed by atoms with E-state index < -0.39 is 15.6 Å². The molecule has 2 N–H and O–H groups in total. The van der Waals surface area contributed by atoms with Crippen molar-refractivity contribution in [3.05, 3.63) is 71.8 Å². The molecule has 0 bridgehead atoms. The van der Waals surface area contributed by atoms with Gasteiger partial charge >= 0.3 is 0 Å². The van der Waals surface area contributed by atoms with Crippen LogP contribution >= 0.6 is 0 Å². The highest BCUT2D eigenvalue weighted by Gasteiger charge is 2.41. The average Bonchev–Trinajstić information content (AvgIpc) is 3.06. The molecule has 1 unspecified atom stereocenters. The fourth-order valence-electron chi connectivity index (χ4n) is 3.79. The summed E-state index contributed by atoms with van der Waals surface area (Å²) in [5, 5.41) is 9.19. The summed E-state index contributed by atoms with van der Waals surface area (Å²) in [6, 6.07) is 16.9. The summed E-state index contributed by atoms with van der Waals surface area (Å²) in [6.45, 7) is 2.05. The van der Waals surface area contributed by atoms with Gasteiger partial charge in [-0.25, -0.2) is 13.1 Å². The number of sulfonamides is 1. The molecule has 3 rings (SSSR count). The number of unbranched alkanes of at least 4 members (excludes halogenated alkanes) is 1. The Hall–Kier alpha value is -1.95. The highest BCUT2D eigenvalue weighted by atomic mass is 32.2. The van der Waals surface area contributed by atoms with Crippen LogP contribution in [0.15, 0.2) is 65.6 Å². The molecule has 4 nitrogen and oxygen atoms in total. The second kappa shape index (κ2) is 8.38. The van der Waals surface area contributed by atoms with Crippen LogP contribution in [0.2, 0.25) is 0 Å². The van der Waals surface area contributed by atoms with Gasteiger partial charge in [-0.15, -0.1) is 0 Å². The summed E-state index contributed by atoms with van der Waals surface area (Å²) in [5.41, 5.74) is 2.47. The zero-order valence-electron chi connectivity index (χ0n) is 15.7. The van der Waals surface area contributed by atoms with Crippen LogP contribution in [0.1, 0.15) is 43.2 Å². The van der Waals surface area contributed by atoms with E-state index in [1.165, 1.54) is 0 Å². The fraction of sp³-hybridized carbons (Fsp3) is 0.364. The Bertz CT molecular complexity index is 889. The van der Waals surface area contributed by atoms with E-state index in [-0.39, 0.29) is 11.5 Å². The number of nitrogens with one attached hydrogen (secondary N) is 1. The molecule has 1 atom stereocenters. The lowest BCUT2D eigenvalue weighted by atomic mass is 9.83. The SMILES string of the molecule is Cc1ccc(S(=O)(=O)NC2(CCCCO)CCC=C2c2ccccc2)cc1. The van der Waals surface area contributed by atoms with Crippen LogP contribution in [0, 0.1) is 6.92 Å². The second-order valence-corrected chi connectivity index (χ2v) is 8.89. The largest absolute Gasteiger partial charge is 0.396 e. The Morgan fingerprint density at radius 1 is 1.04 bits per heavy atom. The first-order valence-corrected chi connectivity index (χ1v) is 10.9. The van der Waals surface area contributed by atoms with E-state index in [1.54, 1.807) is 12.1 Å². The van der Waals surface area contributed by atoms with E-state index in [1.807, 2.05) is 49.4 Å². The predicted octanol–water partition coefficient (Wildman–Crippen LogP) is 4.05. The van der Waals surface area contributed by atoms with E-state index in [0.29, 0.717) is 12.8 Å². The van der Waals surface area contributed by atoms with Crippen molar-refractivity contribution < 1.29 is 13.5 Å². The number of benzene rings is 2. The first-order valence-electron chi connectivity index (χ1n) is 9.44. The van der Waals surface area contributed by atoms with Crippen molar-refractivity contribution in [1.82, 2.24) is 4.72 Å². The lowest BCUT2D eigenvalue weighted by molar-refractivity contribution is 0.276. The third kappa shape index (κ3) is 4.49. The second-order valence-electron chi connectivity index (χ2n) is 7.20. The van der Waals surface area contributed by atoms with Gasteiger partial charge in [0, 0.05) is 6.61 Å². The molecule has 0 spiro atoms. The molecule has 0 saturated carbocycles. The number of rotatable bonds is 8. The number of aliphatic hydroxyl groups is 1. The predicted molar refractivity (Wildman–Crippen MR) is 109 cm³/mol. The van der Waals surface area contributed by atoms with Crippen molar-refractivity contribution in [3.63, 3.8) is 0 Å². The van der Waals surface area contributed by atoms with Crippen LogP contribution in [0.5, 0.6) is 0 Å². The number of allylic oxidation sites excluding steroid dienone is 1. The third-order valence-corrected chi connectivity index (χ3v) is 6.74. The van der Waals surface area contributed by atoms with Gasteiger partial charge in [0.15, 0.2) is 0 Å². The topological polar surface area (TPSA) is 66.4 Å². The van der Waals surface area contributed by atoms with Gasteiger partial charge in [0.2, 0.25) is 10.0 Å². The molecule has 0 saturated heterocycles. The molecule has 2 aromatic rings. The Morgan fingerprint density at radius 2 is 1.74 bits per heavy atom. The van der Waals surface area contributed by atoms with E-state index in [2.05, 4.69) is 10.8 Å². The first kappa shape index (κ1) is 19.8. The van der Waals surface area contributed by atoms with Gasteiger partial charge in [-0.3, -0.25) is 0 Å². The van der Waals surface area contributed by atoms with Crippen molar-refractivity contribution in [3.8, 4) is 0 Å². The molecular formula is C22H27NO3S. The maximum absolute atomic E-state index is 13.1. The fourth-order valence-corrected chi connectivity index (χ4v) is 5.23. The maximum atomic E-state index is 13.1.